The summed E-state index contributed by atoms with van der Waals surface area (Å²) in [6, 6.07) is 34.2. The number of rotatable bonds is 18. The molecule has 6 unspecified atom stereocenters. The molecule has 0 aliphatic heterocycles. The molecule has 7 rings (SSSR count). The van der Waals surface area contributed by atoms with Gasteiger partial charge < -0.3 is 28.4 Å². The van der Waals surface area contributed by atoms with Gasteiger partial charge in [0.2, 0.25) is 0 Å². The zero-order valence-electron chi connectivity index (χ0n) is 51.2. The van der Waals surface area contributed by atoms with E-state index in [1.54, 1.807) is 0 Å². The van der Waals surface area contributed by atoms with Crippen LogP contribution in [0.15, 0.2) is 109 Å². The number of benzene rings is 6. The molecule has 84 heavy (non-hydrogen) atoms. The lowest BCUT2D eigenvalue weighted by Crippen LogP contribution is -2.21. The Morgan fingerprint density at radius 1 is 0.250 bits per heavy atom. The summed E-state index contributed by atoms with van der Waals surface area (Å²) >= 11 is 0. The van der Waals surface area contributed by atoms with Crippen LogP contribution in [0.25, 0.3) is 0 Å². The Balaban J connectivity index is 1.57. The zero-order chi connectivity index (χ0) is 60.8. The van der Waals surface area contributed by atoms with Gasteiger partial charge in [-0.25, -0.2) is 0 Å². The van der Waals surface area contributed by atoms with E-state index in [1.807, 2.05) is 192 Å². The zero-order valence-corrected chi connectivity index (χ0v) is 51.2. The van der Waals surface area contributed by atoms with E-state index in [9.17, 15) is 28.8 Å². The molecule has 6 atom stereocenters. The van der Waals surface area contributed by atoms with Crippen molar-refractivity contribution in [3.05, 3.63) is 176 Å². The monoisotopic (exact) mass is 1140 g/mol. The van der Waals surface area contributed by atoms with Crippen molar-refractivity contribution in [3.63, 3.8) is 0 Å². The molecule has 6 aromatic carbocycles. The van der Waals surface area contributed by atoms with Crippen molar-refractivity contribution in [2.45, 2.75) is 160 Å². The van der Waals surface area contributed by atoms with Crippen molar-refractivity contribution in [1.29, 1.82) is 0 Å². The highest BCUT2D eigenvalue weighted by Gasteiger charge is 2.29. The minimum absolute atomic E-state index is 0.169. The van der Waals surface area contributed by atoms with Crippen LogP contribution in [0.1, 0.15) is 188 Å². The lowest BCUT2D eigenvalue weighted by atomic mass is 9.91. The van der Waals surface area contributed by atoms with E-state index < -0.39 is 71.3 Å². The molecule has 0 heterocycles. The molecule has 12 bridgehead atoms. The van der Waals surface area contributed by atoms with Crippen LogP contribution < -0.4 is 28.4 Å². The second-order valence-electron chi connectivity index (χ2n) is 22.9. The van der Waals surface area contributed by atoms with Crippen molar-refractivity contribution in [3.8, 4) is 34.5 Å². The third-order valence-corrected chi connectivity index (χ3v) is 16.7. The van der Waals surface area contributed by atoms with Crippen LogP contribution in [-0.2, 0) is 67.3 Å². The highest BCUT2D eigenvalue weighted by Crippen LogP contribution is 2.42. The first-order valence-electron chi connectivity index (χ1n) is 30.3. The van der Waals surface area contributed by atoms with E-state index >= 15 is 0 Å². The van der Waals surface area contributed by atoms with E-state index in [1.165, 1.54) is 0 Å². The van der Waals surface area contributed by atoms with Crippen LogP contribution >= 0.6 is 0 Å². The van der Waals surface area contributed by atoms with Gasteiger partial charge in [0.1, 0.15) is 34.5 Å². The molecular weight excluding hydrogens is 1060 g/mol. The molecule has 1 aliphatic carbocycles. The molecule has 0 amide bonds. The van der Waals surface area contributed by atoms with Crippen LogP contribution in [0.2, 0.25) is 0 Å². The third-order valence-electron chi connectivity index (χ3n) is 16.7. The molecule has 444 valence electrons. The number of carbonyl (C=O) groups is 6. The van der Waals surface area contributed by atoms with E-state index in [0.717, 1.165) is 0 Å². The highest BCUT2D eigenvalue weighted by molar-refractivity contribution is 5.80. The summed E-state index contributed by atoms with van der Waals surface area (Å²) in [5, 5.41) is 0. The molecule has 0 saturated heterocycles. The lowest BCUT2D eigenvalue weighted by Gasteiger charge is -2.23. The summed E-state index contributed by atoms with van der Waals surface area (Å²) in [6.45, 7) is 22.5. The van der Waals surface area contributed by atoms with E-state index in [2.05, 4.69) is 0 Å². The molecule has 12 heteroatoms. The second-order valence-corrected chi connectivity index (χ2v) is 22.9. The van der Waals surface area contributed by atoms with Crippen molar-refractivity contribution in [1.82, 2.24) is 0 Å². The number of esters is 6. The quantitative estimate of drug-likeness (QED) is 0.0592. The van der Waals surface area contributed by atoms with Crippen molar-refractivity contribution >= 4 is 35.8 Å². The molecule has 12 nitrogen and oxygen atoms in total. The number of ether oxygens (including phenoxy) is 6. The molecule has 0 aromatic heterocycles. The van der Waals surface area contributed by atoms with Crippen LogP contribution in [0, 0.1) is 35.5 Å². The van der Waals surface area contributed by atoms with Crippen molar-refractivity contribution in [2.24, 2.45) is 35.5 Å². The predicted octanol–water partition coefficient (Wildman–Crippen LogP) is 15.3. The minimum Gasteiger partial charge on any atom is -0.426 e. The fourth-order valence-corrected chi connectivity index (χ4v) is 9.72. The summed E-state index contributed by atoms with van der Waals surface area (Å²) in [6.07, 6.45) is 4.24. The maximum atomic E-state index is 14.1. The SMILES string of the molecule is CCC(C)C(=O)Oc1c2cccc1Cc1cccc(c1OC(=O)C(C)CC)Cc1cccc(c1OC(=O)C(C)CC)Cc1cccc(c1OC(=O)C(C)CC)Cc1cccc(c1OC(=O)C(C)CC)Cc1cccc(c1OC(=O)C(C)CC)C2. The minimum atomic E-state index is -0.440. The summed E-state index contributed by atoms with van der Waals surface area (Å²) in [7, 11) is 0. The Bertz CT molecular complexity index is 2660. The van der Waals surface area contributed by atoms with E-state index in [-0.39, 0.29) is 38.5 Å². The number of hydrogen-bond donors (Lipinski definition) is 0. The van der Waals surface area contributed by atoms with Gasteiger partial charge in [0.25, 0.3) is 0 Å². The summed E-state index contributed by atoms with van der Waals surface area (Å²) in [5.74, 6) is -3.13. The van der Waals surface area contributed by atoms with Crippen molar-refractivity contribution in [2.75, 3.05) is 0 Å². The Kier molecular flexibility index (Phi) is 22.4. The molecule has 0 N–H and O–H groups in total. The van der Waals surface area contributed by atoms with E-state index in [0.29, 0.717) is 140 Å². The number of para-hydroxylation sites is 6. The Morgan fingerprint density at radius 2 is 0.357 bits per heavy atom. The molecule has 0 fully saturated rings. The molecule has 6 aromatic rings. The molecule has 0 saturated carbocycles. The first kappa shape index (κ1) is 63.7. The number of fused-ring (bicyclic) bond motifs is 12. The largest absolute Gasteiger partial charge is 0.426 e. The van der Waals surface area contributed by atoms with Gasteiger partial charge in [-0.15, -0.1) is 0 Å². The highest BCUT2D eigenvalue weighted by atomic mass is 16.6. The van der Waals surface area contributed by atoms with Gasteiger partial charge in [0, 0.05) is 38.5 Å². The Hall–Kier alpha value is -7.86. The average Bonchev–Trinajstić information content (AvgIpc) is 3.68. The summed E-state index contributed by atoms with van der Waals surface area (Å²) in [5.41, 5.74) is 7.75. The van der Waals surface area contributed by atoms with Crippen LogP contribution in [-0.4, -0.2) is 35.8 Å². The normalized spacial score (nSPS) is 14.4. The molecule has 1 aliphatic rings. The van der Waals surface area contributed by atoms with E-state index in [4.69, 9.17) is 28.4 Å². The lowest BCUT2D eigenvalue weighted by molar-refractivity contribution is -0.139. The molecular formula is C72H84O12. The van der Waals surface area contributed by atoms with Crippen LogP contribution in [0.5, 0.6) is 34.5 Å². The van der Waals surface area contributed by atoms with Crippen LogP contribution in [0.3, 0.4) is 0 Å². The summed E-state index contributed by atoms with van der Waals surface area (Å²) in [4.78, 5) is 84.5. The predicted molar refractivity (Wildman–Crippen MR) is 326 cm³/mol. The fraction of sp³-hybridized carbons (Fsp3) is 0.417. The topological polar surface area (TPSA) is 158 Å². The molecule has 0 spiro atoms. The smallest absolute Gasteiger partial charge is 0.314 e. The third kappa shape index (κ3) is 15.5. The van der Waals surface area contributed by atoms with Gasteiger partial charge in [-0.1, -0.05) is 192 Å². The summed E-state index contributed by atoms with van der Waals surface area (Å²) < 4.78 is 39.0. The maximum absolute atomic E-state index is 14.1. The van der Waals surface area contributed by atoms with Gasteiger partial charge in [-0.3, -0.25) is 28.8 Å². The van der Waals surface area contributed by atoms with Crippen LogP contribution in [0.4, 0.5) is 0 Å². The Labute approximate surface area is 496 Å². The van der Waals surface area contributed by atoms with Gasteiger partial charge in [0.05, 0.1) is 35.5 Å². The Morgan fingerprint density at radius 3 is 0.452 bits per heavy atom. The average molecular weight is 1140 g/mol. The number of hydrogen-bond acceptors (Lipinski definition) is 12. The van der Waals surface area contributed by atoms with Gasteiger partial charge in [-0.2, -0.15) is 0 Å². The molecule has 0 radical (unpaired) electrons. The standard InChI is InChI=1S/C72H84O12/c1-13-43(7)67(73)79-61-49-25-19-26-50(61)38-52-28-21-30-54(63(52)81-69(75)45(9)15-3)40-56-32-23-34-58(65(56)83-71(77)47(11)17-5)42-60-36-24-35-59(66(60)84-72(78)48(12)18-6)41-57-33-22-31-55(64(57)82-70(76)46(10)16-4)39-53-29-20-27-51(37-49)62(53)80-68(74)44(8)14-2/h19-36,43-48H,13-18,37-42H2,1-12H3. The maximum Gasteiger partial charge on any atom is 0.314 e. The van der Waals surface area contributed by atoms with Gasteiger partial charge in [0.15, 0.2) is 0 Å². The van der Waals surface area contributed by atoms with Gasteiger partial charge >= 0.3 is 35.8 Å². The van der Waals surface area contributed by atoms with Crippen molar-refractivity contribution < 1.29 is 57.2 Å². The first-order chi connectivity index (χ1) is 40.3. The first-order valence-corrected chi connectivity index (χ1v) is 30.3. The second kappa shape index (κ2) is 29.6. The van der Waals surface area contributed by atoms with Gasteiger partial charge in [-0.05, 0) is 105 Å². The number of carbonyl (C=O) groups excluding carboxylic acids is 6. The fourth-order valence-electron chi connectivity index (χ4n) is 9.72.